The summed E-state index contributed by atoms with van der Waals surface area (Å²) in [7, 11) is 0. The van der Waals surface area contributed by atoms with Crippen LogP contribution < -0.4 is 5.32 Å². The van der Waals surface area contributed by atoms with Crippen LogP contribution in [0.2, 0.25) is 5.02 Å². The Morgan fingerprint density at radius 3 is 2.92 bits per heavy atom. The van der Waals surface area contributed by atoms with E-state index in [1.165, 1.54) is 18.3 Å². The molecule has 3 aromatic rings. The van der Waals surface area contributed by atoms with Crippen LogP contribution in [0.4, 0.5) is 10.2 Å². The SMILES string of the molecule is O=C(CSc1nnc(-c2cccc(F)c2)o1)Nc1ccc(Cl)cn1. The van der Waals surface area contributed by atoms with E-state index in [-0.39, 0.29) is 22.8 Å². The molecule has 6 nitrogen and oxygen atoms in total. The average Bonchev–Trinajstić information content (AvgIpc) is 3.04. The van der Waals surface area contributed by atoms with Crippen LogP contribution >= 0.6 is 23.4 Å². The van der Waals surface area contributed by atoms with E-state index in [1.807, 2.05) is 0 Å². The summed E-state index contributed by atoms with van der Waals surface area (Å²) in [4.78, 5) is 15.8. The van der Waals surface area contributed by atoms with Crippen molar-refractivity contribution in [3.63, 3.8) is 0 Å². The molecule has 0 saturated carbocycles. The highest BCUT2D eigenvalue weighted by Gasteiger charge is 2.12. The summed E-state index contributed by atoms with van der Waals surface area (Å²) in [5, 5.41) is 11.0. The second-order valence-corrected chi connectivity index (χ2v) is 5.95. The van der Waals surface area contributed by atoms with E-state index in [1.54, 1.807) is 24.3 Å². The molecule has 2 aromatic heterocycles. The summed E-state index contributed by atoms with van der Waals surface area (Å²) in [6.07, 6.45) is 1.44. The van der Waals surface area contributed by atoms with Crippen molar-refractivity contribution in [2.45, 2.75) is 5.22 Å². The Balaban J connectivity index is 1.57. The van der Waals surface area contributed by atoms with Gasteiger partial charge in [-0.2, -0.15) is 0 Å². The number of amides is 1. The molecule has 0 saturated heterocycles. The summed E-state index contributed by atoms with van der Waals surface area (Å²) >= 11 is 6.79. The number of nitrogens with one attached hydrogen (secondary N) is 1. The summed E-state index contributed by atoms with van der Waals surface area (Å²) in [5.74, 6) is -0.0161. The lowest BCUT2D eigenvalue weighted by Gasteiger charge is -2.02. The van der Waals surface area contributed by atoms with Crippen molar-refractivity contribution >= 4 is 35.1 Å². The maximum absolute atomic E-state index is 13.2. The Morgan fingerprint density at radius 1 is 1.29 bits per heavy atom. The summed E-state index contributed by atoms with van der Waals surface area (Å²) in [5.41, 5.74) is 0.476. The van der Waals surface area contributed by atoms with Gasteiger partial charge in [0.2, 0.25) is 11.8 Å². The zero-order valence-electron chi connectivity index (χ0n) is 12.1. The van der Waals surface area contributed by atoms with Crippen molar-refractivity contribution < 1.29 is 13.6 Å². The molecule has 0 fully saturated rings. The highest BCUT2D eigenvalue weighted by Crippen LogP contribution is 2.23. The van der Waals surface area contributed by atoms with Gasteiger partial charge in [0.05, 0.1) is 10.8 Å². The van der Waals surface area contributed by atoms with Crippen LogP contribution in [-0.4, -0.2) is 26.8 Å². The van der Waals surface area contributed by atoms with Gasteiger partial charge in [-0.05, 0) is 30.3 Å². The fraction of sp³-hybridized carbons (Fsp3) is 0.0667. The number of carbonyl (C=O) groups is 1. The van der Waals surface area contributed by atoms with Gasteiger partial charge in [0, 0.05) is 11.8 Å². The predicted molar refractivity (Wildman–Crippen MR) is 88.3 cm³/mol. The molecule has 9 heteroatoms. The number of rotatable bonds is 5. The van der Waals surface area contributed by atoms with Crippen LogP contribution in [0.5, 0.6) is 0 Å². The summed E-state index contributed by atoms with van der Waals surface area (Å²) in [6.45, 7) is 0. The molecule has 0 spiro atoms. The number of nitrogens with zero attached hydrogens (tertiary/aromatic N) is 3. The molecule has 24 heavy (non-hydrogen) atoms. The van der Waals surface area contributed by atoms with Crippen molar-refractivity contribution in [2.24, 2.45) is 0 Å². The lowest BCUT2D eigenvalue weighted by Crippen LogP contribution is -2.14. The lowest BCUT2D eigenvalue weighted by atomic mass is 10.2. The van der Waals surface area contributed by atoms with E-state index in [9.17, 15) is 9.18 Å². The van der Waals surface area contributed by atoms with E-state index in [4.69, 9.17) is 16.0 Å². The Labute approximate surface area is 145 Å². The smallest absolute Gasteiger partial charge is 0.277 e. The molecule has 0 unspecified atom stereocenters. The second kappa shape index (κ2) is 7.41. The third-order valence-electron chi connectivity index (χ3n) is 2.80. The summed E-state index contributed by atoms with van der Waals surface area (Å²) < 4.78 is 18.6. The van der Waals surface area contributed by atoms with Gasteiger partial charge in [-0.1, -0.05) is 29.4 Å². The normalized spacial score (nSPS) is 10.6. The number of hydrogen-bond donors (Lipinski definition) is 1. The van der Waals surface area contributed by atoms with Crippen LogP contribution in [0.1, 0.15) is 0 Å². The van der Waals surface area contributed by atoms with Crippen molar-refractivity contribution in [1.29, 1.82) is 0 Å². The van der Waals surface area contributed by atoms with Crippen molar-refractivity contribution in [1.82, 2.24) is 15.2 Å². The number of thioether (sulfide) groups is 1. The first-order valence-electron chi connectivity index (χ1n) is 6.74. The molecule has 0 bridgehead atoms. The molecule has 1 aromatic carbocycles. The molecule has 1 N–H and O–H groups in total. The Hall–Kier alpha value is -2.45. The molecule has 0 aliphatic heterocycles. The van der Waals surface area contributed by atoms with Crippen LogP contribution in [0.3, 0.4) is 0 Å². The molecule has 0 aliphatic carbocycles. The van der Waals surface area contributed by atoms with Crippen LogP contribution in [0.25, 0.3) is 11.5 Å². The van der Waals surface area contributed by atoms with Gasteiger partial charge in [0.1, 0.15) is 11.6 Å². The number of hydrogen-bond acceptors (Lipinski definition) is 6. The van der Waals surface area contributed by atoms with Gasteiger partial charge >= 0.3 is 0 Å². The quantitative estimate of drug-likeness (QED) is 0.696. The highest BCUT2D eigenvalue weighted by atomic mass is 35.5. The number of anilines is 1. The summed E-state index contributed by atoms with van der Waals surface area (Å²) in [6, 6.07) is 9.05. The number of carbonyl (C=O) groups excluding carboxylic acids is 1. The molecular formula is C15H10ClFN4O2S. The number of halogens is 2. The topological polar surface area (TPSA) is 80.9 Å². The van der Waals surface area contributed by atoms with E-state index >= 15 is 0 Å². The standard InChI is InChI=1S/C15H10ClFN4O2S/c16-10-4-5-12(18-7-10)19-13(22)8-24-15-21-20-14(23-15)9-2-1-3-11(17)6-9/h1-7H,8H2,(H,18,19,22). The van der Waals surface area contributed by atoms with E-state index < -0.39 is 5.82 Å². The van der Waals surface area contributed by atoms with Crippen molar-refractivity contribution in [3.05, 3.63) is 53.4 Å². The molecule has 0 radical (unpaired) electrons. The van der Waals surface area contributed by atoms with E-state index in [0.717, 1.165) is 11.8 Å². The molecule has 0 aliphatic rings. The molecule has 3 rings (SSSR count). The largest absolute Gasteiger partial charge is 0.411 e. The first-order valence-corrected chi connectivity index (χ1v) is 8.10. The minimum atomic E-state index is -0.394. The second-order valence-electron chi connectivity index (χ2n) is 4.58. The monoisotopic (exact) mass is 364 g/mol. The first-order chi connectivity index (χ1) is 11.6. The van der Waals surface area contributed by atoms with Crippen LogP contribution in [-0.2, 0) is 4.79 Å². The van der Waals surface area contributed by atoms with Gasteiger partial charge in [-0.25, -0.2) is 9.37 Å². The van der Waals surface area contributed by atoms with Crippen LogP contribution in [0.15, 0.2) is 52.2 Å². The van der Waals surface area contributed by atoms with Crippen molar-refractivity contribution in [3.8, 4) is 11.5 Å². The Bertz CT molecular complexity index is 857. The fourth-order valence-corrected chi connectivity index (χ4v) is 2.44. The van der Waals surface area contributed by atoms with Gasteiger partial charge in [-0.3, -0.25) is 4.79 Å². The molecule has 122 valence electrons. The third kappa shape index (κ3) is 4.30. The first kappa shape index (κ1) is 16.4. The Kier molecular flexibility index (Phi) is 5.07. The van der Waals surface area contributed by atoms with Crippen molar-refractivity contribution in [2.75, 3.05) is 11.1 Å². The Morgan fingerprint density at radius 2 is 2.17 bits per heavy atom. The zero-order chi connectivity index (χ0) is 16.9. The van der Waals surface area contributed by atoms with E-state index in [0.29, 0.717) is 16.4 Å². The van der Waals surface area contributed by atoms with Gasteiger partial charge in [0.15, 0.2) is 0 Å². The minimum Gasteiger partial charge on any atom is -0.411 e. The number of pyridine rings is 1. The lowest BCUT2D eigenvalue weighted by molar-refractivity contribution is -0.113. The number of benzene rings is 1. The number of aromatic nitrogens is 3. The maximum atomic E-state index is 13.2. The molecule has 0 atom stereocenters. The molecular weight excluding hydrogens is 355 g/mol. The minimum absolute atomic E-state index is 0.0646. The van der Waals surface area contributed by atoms with Gasteiger partial charge in [0.25, 0.3) is 5.22 Å². The highest BCUT2D eigenvalue weighted by molar-refractivity contribution is 7.99. The molecule has 2 heterocycles. The average molecular weight is 365 g/mol. The van der Waals surface area contributed by atoms with Gasteiger partial charge in [-0.15, -0.1) is 10.2 Å². The fourth-order valence-electron chi connectivity index (χ4n) is 1.76. The maximum Gasteiger partial charge on any atom is 0.277 e. The third-order valence-corrected chi connectivity index (χ3v) is 3.84. The predicted octanol–water partition coefficient (Wildman–Crippen LogP) is 3.65. The van der Waals surface area contributed by atoms with Crippen LogP contribution in [0, 0.1) is 5.82 Å². The molecule has 1 amide bonds. The zero-order valence-corrected chi connectivity index (χ0v) is 13.6. The van der Waals surface area contributed by atoms with E-state index in [2.05, 4.69) is 20.5 Å². The van der Waals surface area contributed by atoms with Gasteiger partial charge < -0.3 is 9.73 Å².